The van der Waals surface area contributed by atoms with Crippen LogP contribution in [0.1, 0.15) is 13.3 Å². The normalized spacial score (nSPS) is 12.3. The molecule has 0 bridgehead atoms. The van der Waals surface area contributed by atoms with E-state index in [2.05, 4.69) is 178 Å². The van der Waals surface area contributed by atoms with Gasteiger partial charge in [-0.25, -0.2) is 4.99 Å². The molecule has 42 heteroatoms. The molecule has 6 rings (SSSR count). The molecule has 6 aromatic rings. The van der Waals surface area contributed by atoms with Gasteiger partial charge in [-0.15, -0.1) is 0 Å². The summed E-state index contributed by atoms with van der Waals surface area (Å²) in [5.41, 5.74) is 42.4. The average molecular weight is 1190 g/mol. The van der Waals surface area contributed by atoms with Crippen LogP contribution in [0.15, 0.2) is 25.0 Å². The number of nitrogens with one attached hydrogen (secondary N) is 17. The van der Waals surface area contributed by atoms with E-state index < -0.39 is 0 Å². The number of nitrogens with zero attached hydrogens (tertiary/aromatic N) is 18. The van der Waals surface area contributed by atoms with Crippen LogP contribution in [0, 0.1) is 0 Å². The van der Waals surface area contributed by atoms with E-state index in [0.717, 1.165) is 6.42 Å². The first kappa shape index (κ1) is 64.4. The van der Waals surface area contributed by atoms with Crippen LogP contribution in [-0.4, -0.2) is 240 Å². The minimum atomic E-state index is 0.0667. The molecule has 0 fully saturated rings. The molecule has 0 aliphatic carbocycles. The zero-order valence-corrected chi connectivity index (χ0v) is 47.6. The number of aromatic amines is 5. The molecule has 6 heterocycles. The quantitative estimate of drug-likeness (QED) is 0.0159. The highest BCUT2D eigenvalue weighted by Crippen LogP contribution is 2.13. The van der Waals surface area contributed by atoms with Crippen molar-refractivity contribution in [3.63, 3.8) is 0 Å². The molecule has 0 atom stereocenters. The van der Waals surface area contributed by atoms with Gasteiger partial charge in [-0.05, 0) is 6.42 Å². The lowest BCUT2D eigenvalue weighted by atomic mass is 10.5. The SMILES string of the molecule is CCCN=c1[nH]c(=NCCN)[nH]c(=NCCN=c2[nH]c(NCCNc3nc(NCCN)nc(NCCNc4nc(NCCN)nc(NCCNc5nc(NCCN)nc(NCCNc6nc(N)nc(NCCN)n6)n5)n4)n3)nc(=NCCN)[nH]2)[nH]1. The van der Waals surface area contributed by atoms with Gasteiger partial charge in [0, 0.05) is 124 Å². The van der Waals surface area contributed by atoms with E-state index in [9.17, 15) is 0 Å². The molecule has 6 aromatic heterocycles. The minimum Gasteiger partial charge on any atom is -0.368 e. The van der Waals surface area contributed by atoms with Gasteiger partial charge < -0.3 is 104 Å². The fourth-order valence-electron chi connectivity index (χ4n) is 6.74. The van der Waals surface area contributed by atoms with E-state index in [1.165, 1.54) is 0 Å². The zero-order chi connectivity index (χ0) is 60.1. The lowest BCUT2D eigenvalue weighted by Crippen LogP contribution is -2.38. The van der Waals surface area contributed by atoms with Crippen LogP contribution < -0.4 is 132 Å². The molecule has 464 valence electrons. The first-order valence-corrected chi connectivity index (χ1v) is 27.7. The minimum absolute atomic E-state index is 0.0667. The zero-order valence-electron chi connectivity index (χ0n) is 47.6. The van der Waals surface area contributed by atoms with Gasteiger partial charge in [0.2, 0.25) is 105 Å². The summed E-state index contributed by atoms with van der Waals surface area (Å²) in [5.74, 6) is 3.96. The van der Waals surface area contributed by atoms with E-state index in [0.29, 0.717) is 250 Å². The number of nitrogens with two attached hydrogens (primary N) is 7. The van der Waals surface area contributed by atoms with E-state index >= 15 is 0 Å². The van der Waals surface area contributed by atoms with Crippen molar-refractivity contribution in [1.82, 2.24) is 89.7 Å². The fraction of sp³-hybridized carbons (Fsp3) is 0.581. The predicted octanol–water partition coefficient (Wildman–Crippen LogP) is -7.85. The molecule has 0 unspecified atom stereocenters. The molecular weight excluding hydrogens is 1100 g/mol. The number of hydrogen-bond donors (Lipinski definition) is 24. The summed E-state index contributed by atoms with van der Waals surface area (Å²) in [5, 5.41) is 38.0. The molecule has 0 spiro atoms. The smallest absolute Gasteiger partial charge is 0.229 e. The first-order valence-electron chi connectivity index (χ1n) is 27.7. The molecule has 0 aromatic carbocycles. The topological polar surface area (TPSA) is 635 Å². The Morgan fingerprint density at radius 1 is 0.282 bits per heavy atom. The molecule has 0 aliphatic heterocycles. The molecular formula is C43H82N42. The summed E-state index contributed by atoms with van der Waals surface area (Å²) < 4.78 is 0. The Bertz CT molecular complexity index is 3210. The van der Waals surface area contributed by atoms with Crippen molar-refractivity contribution >= 4 is 77.3 Å². The fourth-order valence-corrected chi connectivity index (χ4v) is 6.74. The molecule has 0 aliphatic rings. The third-order valence-electron chi connectivity index (χ3n) is 10.4. The predicted molar refractivity (Wildman–Crippen MR) is 325 cm³/mol. The molecule has 0 amide bonds. The number of anilines is 13. The van der Waals surface area contributed by atoms with Gasteiger partial charge in [-0.1, -0.05) is 6.92 Å². The monoisotopic (exact) mass is 1190 g/mol. The largest absolute Gasteiger partial charge is 0.368 e. The number of hydrogen-bond acceptors (Lipinski definition) is 37. The molecule has 42 nitrogen and oxygen atoms in total. The Kier molecular flexibility index (Phi) is 28.3. The van der Waals surface area contributed by atoms with Gasteiger partial charge in [0.05, 0.1) is 26.2 Å². The highest BCUT2D eigenvalue weighted by molar-refractivity contribution is 5.46. The third kappa shape index (κ3) is 24.7. The third-order valence-corrected chi connectivity index (χ3v) is 10.4. The Hall–Kier alpha value is -9.78. The van der Waals surface area contributed by atoms with Crippen molar-refractivity contribution in [2.24, 2.45) is 59.4 Å². The molecule has 0 saturated heterocycles. The highest BCUT2D eigenvalue weighted by atomic mass is 15.3. The highest BCUT2D eigenvalue weighted by Gasteiger charge is 2.12. The molecule has 31 N–H and O–H groups in total. The summed E-state index contributed by atoms with van der Waals surface area (Å²) in [6, 6.07) is 0. The van der Waals surface area contributed by atoms with Crippen LogP contribution in [0.2, 0.25) is 0 Å². The number of rotatable bonds is 41. The summed E-state index contributed by atoms with van der Waals surface area (Å²) in [7, 11) is 0. The maximum Gasteiger partial charge on any atom is 0.229 e. The molecule has 85 heavy (non-hydrogen) atoms. The van der Waals surface area contributed by atoms with Crippen LogP contribution in [-0.2, 0) is 0 Å². The van der Waals surface area contributed by atoms with Crippen molar-refractivity contribution in [3.8, 4) is 0 Å². The van der Waals surface area contributed by atoms with Crippen molar-refractivity contribution in [3.05, 3.63) is 28.1 Å². The van der Waals surface area contributed by atoms with E-state index in [1.54, 1.807) is 0 Å². The van der Waals surface area contributed by atoms with Gasteiger partial charge >= 0.3 is 0 Å². The molecule has 0 saturated carbocycles. The Labute approximate surface area is 486 Å². The second kappa shape index (κ2) is 37.3. The standard InChI is InChI=1S/C43H82N42/c1-2-9-51-29-71-30(53-11-4-45)73-35(72-29)60-18-19-61-38-76-32(55-13-6-47)77-39(83-38)64-22-23-65-42-80-34(57-15-8-49)81-43(85-42)67-25-24-66-41-79-33(56-14-7-48)78-40(84-41)63-21-20-62-37-75-31(54-12-5-46)74-36(82-37)59-17-16-58-28-69-26(50)68-27(70-28)52-10-3-44/h2-25,44-49H2,1H3,(H4,50,52,58,68,69,70)(H3,51,53,60,71,72,73)(H3,54,59,62,74,75,82)(H3,55,61,64,76,77,83)(H3,56,63,66,78,79,84)(H3,57,65,67,80,81,85). The van der Waals surface area contributed by atoms with Gasteiger partial charge in [-0.2, -0.15) is 64.8 Å². The summed E-state index contributed by atoms with van der Waals surface area (Å²) in [6.45, 7) is 11.3. The summed E-state index contributed by atoms with van der Waals surface area (Å²) in [4.78, 5) is 96.0. The van der Waals surface area contributed by atoms with Gasteiger partial charge in [0.15, 0.2) is 0 Å². The summed E-state index contributed by atoms with van der Waals surface area (Å²) >= 11 is 0. The number of aromatic nitrogens is 18. The average Bonchev–Trinajstić information content (AvgIpc) is 3.55. The van der Waals surface area contributed by atoms with Crippen LogP contribution >= 0.6 is 0 Å². The van der Waals surface area contributed by atoms with Crippen molar-refractivity contribution < 1.29 is 0 Å². The van der Waals surface area contributed by atoms with E-state index in [1.807, 2.05) is 6.92 Å². The Morgan fingerprint density at radius 3 is 0.871 bits per heavy atom. The van der Waals surface area contributed by atoms with Gasteiger partial charge in [0.25, 0.3) is 0 Å². The van der Waals surface area contributed by atoms with E-state index in [4.69, 9.17) is 40.1 Å². The lowest BCUT2D eigenvalue weighted by molar-refractivity contribution is 0.737. The lowest BCUT2D eigenvalue weighted by Gasteiger charge is -2.13. The van der Waals surface area contributed by atoms with Crippen molar-refractivity contribution in [2.45, 2.75) is 13.3 Å². The number of nitrogen functional groups attached to an aromatic ring is 1. The van der Waals surface area contributed by atoms with Crippen molar-refractivity contribution in [1.29, 1.82) is 0 Å². The molecule has 0 radical (unpaired) electrons. The Morgan fingerprint density at radius 2 is 0.553 bits per heavy atom. The second-order valence-corrected chi connectivity index (χ2v) is 17.3. The Balaban J connectivity index is 1.01. The second-order valence-electron chi connectivity index (χ2n) is 17.3. The first-order chi connectivity index (χ1) is 41.7. The van der Waals surface area contributed by atoms with Crippen LogP contribution in [0.25, 0.3) is 0 Å². The van der Waals surface area contributed by atoms with Gasteiger partial charge in [-0.3, -0.25) is 44.9 Å². The van der Waals surface area contributed by atoms with Gasteiger partial charge in [0.1, 0.15) is 0 Å². The van der Waals surface area contributed by atoms with E-state index in [-0.39, 0.29) is 5.95 Å². The van der Waals surface area contributed by atoms with Crippen LogP contribution in [0.4, 0.5) is 77.3 Å². The number of H-pyrrole nitrogens is 5. The maximum absolute atomic E-state index is 5.84. The maximum atomic E-state index is 5.84. The van der Waals surface area contributed by atoms with Crippen molar-refractivity contribution in [2.75, 3.05) is 220 Å². The van der Waals surface area contributed by atoms with Crippen LogP contribution in [0.5, 0.6) is 0 Å². The van der Waals surface area contributed by atoms with Crippen LogP contribution in [0.3, 0.4) is 0 Å². The summed E-state index contributed by atoms with van der Waals surface area (Å²) in [6.07, 6.45) is 0.886.